The molecule has 1 unspecified atom stereocenters. The highest BCUT2D eigenvalue weighted by molar-refractivity contribution is 5.20. The van der Waals surface area contributed by atoms with E-state index in [2.05, 4.69) is 43.6 Å². The van der Waals surface area contributed by atoms with Crippen LogP contribution in [0.3, 0.4) is 0 Å². The van der Waals surface area contributed by atoms with Gasteiger partial charge >= 0.3 is 0 Å². The van der Waals surface area contributed by atoms with Gasteiger partial charge in [0.2, 0.25) is 0 Å². The number of hydrogen-bond donors (Lipinski definition) is 0. The summed E-state index contributed by atoms with van der Waals surface area (Å²) in [4.78, 5) is 2.06. The van der Waals surface area contributed by atoms with Gasteiger partial charge in [-0.2, -0.15) is 0 Å². The monoisotopic (exact) mass is 207 g/mol. The summed E-state index contributed by atoms with van der Waals surface area (Å²) >= 11 is 0. The van der Waals surface area contributed by atoms with Gasteiger partial charge < -0.3 is 4.90 Å². The third kappa shape index (κ3) is 7.01. The lowest BCUT2D eigenvalue weighted by Crippen LogP contribution is -2.08. The summed E-state index contributed by atoms with van der Waals surface area (Å²) < 4.78 is 0. The zero-order valence-electron chi connectivity index (χ0n) is 10.7. The maximum Gasteiger partial charge on any atom is 0.0354 e. The average Bonchev–Trinajstić information content (AvgIpc) is 2.17. The van der Waals surface area contributed by atoms with Gasteiger partial charge in [-0.05, 0) is 24.5 Å². The molecule has 1 atom stereocenters. The van der Waals surface area contributed by atoms with Crippen LogP contribution >= 0.6 is 0 Å². The Morgan fingerprint density at radius 1 is 1.40 bits per heavy atom. The molecule has 0 aliphatic heterocycles. The van der Waals surface area contributed by atoms with Crippen molar-refractivity contribution in [3.8, 4) is 0 Å². The zero-order chi connectivity index (χ0) is 11.7. The molecule has 0 spiro atoms. The quantitative estimate of drug-likeness (QED) is 0.570. The van der Waals surface area contributed by atoms with E-state index in [-0.39, 0.29) is 0 Å². The van der Waals surface area contributed by atoms with Crippen LogP contribution in [-0.2, 0) is 0 Å². The molecule has 0 amide bonds. The molecule has 0 aromatic carbocycles. The molecule has 0 fully saturated rings. The van der Waals surface area contributed by atoms with E-state index in [1.807, 2.05) is 20.2 Å². The van der Waals surface area contributed by atoms with Crippen LogP contribution in [0.2, 0.25) is 0 Å². The molecule has 86 valence electrons. The maximum absolute atomic E-state index is 3.78. The van der Waals surface area contributed by atoms with Crippen LogP contribution < -0.4 is 0 Å². The Labute approximate surface area is 95.2 Å². The van der Waals surface area contributed by atoms with Gasteiger partial charge in [0.25, 0.3) is 0 Å². The molecule has 1 heteroatoms. The van der Waals surface area contributed by atoms with Crippen LogP contribution in [0.25, 0.3) is 0 Å². The first-order valence-electron chi connectivity index (χ1n) is 5.78. The Morgan fingerprint density at radius 2 is 2.07 bits per heavy atom. The Hall–Kier alpha value is -0.980. The van der Waals surface area contributed by atoms with Crippen LogP contribution in [0, 0.1) is 5.92 Å². The predicted molar refractivity (Wildman–Crippen MR) is 69.8 cm³/mol. The van der Waals surface area contributed by atoms with Crippen LogP contribution in [-0.4, -0.2) is 19.0 Å². The molecule has 0 rings (SSSR count). The summed E-state index contributed by atoms with van der Waals surface area (Å²) in [5.74, 6) is 0.797. The Morgan fingerprint density at radius 3 is 2.53 bits per heavy atom. The fourth-order valence-electron chi connectivity index (χ4n) is 1.49. The van der Waals surface area contributed by atoms with Gasteiger partial charge in [-0.15, -0.1) is 0 Å². The van der Waals surface area contributed by atoms with E-state index in [0.29, 0.717) is 0 Å². The second-order valence-corrected chi connectivity index (χ2v) is 4.25. The average molecular weight is 207 g/mol. The fourth-order valence-corrected chi connectivity index (χ4v) is 1.49. The van der Waals surface area contributed by atoms with Gasteiger partial charge in [-0.3, -0.25) is 0 Å². The van der Waals surface area contributed by atoms with E-state index in [4.69, 9.17) is 0 Å². The Bertz CT molecular complexity index is 223. The van der Waals surface area contributed by atoms with Gasteiger partial charge in [0, 0.05) is 19.8 Å². The van der Waals surface area contributed by atoms with Gasteiger partial charge in [0.15, 0.2) is 0 Å². The minimum absolute atomic E-state index is 0.797. The number of nitrogens with zero attached hydrogens (tertiary/aromatic N) is 1. The second-order valence-electron chi connectivity index (χ2n) is 4.25. The van der Waals surface area contributed by atoms with E-state index in [0.717, 1.165) is 11.6 Å². The standard InChI is InChI=1S/C14H25N/c1-6-10-13(3)11-8-9-12-14(7-2)15(4)5/h7-9,12-13H,2,6,10-11H2,1,3-5H3/b9-8?,14-12+. The third-order valence-corrected chi connectivity index (χ3v) is 2.45. The summed E-state index contributed by atoms with van der Waals surface area (Å²) in [6.07, 6.45) is 12.1. The normalized spacial score (nSPS) is 14.3. The Balaban J connectivity index is 4.01. The molecule has 0 N–H and O–H groups in total. The first-order chi connectivity index (χ1) is 7.11. The lowest BCUT2D eigenvalue weighted by molar-refractivity contribution is 0.528. The van der Waals surface area contributed by atoms with E-state index >= 15 is 0 Å². The summed E-state index contributed by atoms with van der Waals surface area (Å²) in [5, 5.41) is 0. The van der Waals surface area contributed by atoms with Gasteiger partial charge in [0.05, 0.1) is 0 Å². The van der Waals surface area contributed by atoms with E-state index in [1.54, 1.807) is 0 Å². The molecule has 0 saturated carbocycles. The highest BCUT2D eigenvalue weighted by Crippen LogP contribution is 2.10. The third-order valence-electron chi connectivity index (χ3n) is 2.45. The molecular weight excluding hydrogens is 182 g/mol. The minimum Gasteiger partial charge on any atom is -0.378 e. The SMILES string of the molecule is C=C/C(=C\C=CCC(C)CCC)N(C)C. The smallest absolute Gasteiger partial charge is 0.0354 e. The van der Waals surface area contributed by atoms with Crippen LogP contribution in [0.4, 0.5) is 0 Å². The van der Waals surface area contributed by atoms with Crippen molar-refractivity contribution in [3.05, 3.63) is 36.6 Å². The zero-order valence-corrected chi connectivity index (χ0v) is 10.7. The molecule has 0 aliphatic carbocycles. The molecule has 0 bridgehead atoms. The van der Waals surface area contributed by atoms with Crippen LogP contribution in [0.1, 0.15) is 33.1 Å². The lowest BCUT2D eigenvalue weighted by atomic mass is 10.0. The summed E-state index contributed by atoms with van der Waals surface area (Å²) in [5.41, 5.74) is 1.15. The van der Waals surface area contributed by atoms with Gasteiger partial charge in [-0.25, -0.2) is 0 Å². The Kier molecular flexibility index (Phi) is 7.79. The topological polar surface area (TPSA) is 3.24 Å². The number of likely N-dealkylation sites (N-methyl/N-ethyl adjacent to an activating group) is 1. The van der Waals surface area contributed by atoms with E-state index in [1.165, 1.54) is 19.3 Å². The second kappa shape index (κ2) is 8.34. The van der Waals surface area contributed by atoms with Crippen molar-refractivity contribution in [2.45, 2.75) is 33.1 Å². The highest BCUT2D eigenvalue weighted by Gasteiger charge is 1.96. The lowest BCUT2D eigenvalue weighted by Gasteiger charge is -2.12. The molecule has 0 aromatic rings. The molecule has 0 radical (unpaired) electrons. The van der Waals surface area contributed by atoms with Crippen molar-refractivity contribution < 1.29 is 0 Å². The van der Waals surface area contributed by atoms with Crippen molar-refractivity contribution in [1.82, 2.24) is 4.90 Å². The van der Waals surface area contributed by atoms with Crippen molar-refractivity contribution in [3.63, 3.8) is 0 Å². The summed E-state index contributed by atoms with van der Waals surface area (Å²) in [6, 6.07) is 0. The molecular formula is C14H25N. The molecule has 0 aliphatic rings. The first-order valence-corrected chi connectivity index (χ1v) is 5.78. The molecule has 0 saturated heterocycles. The van der Waals surface area contributed by atoms with Crippen LogP contribution in [0.5, 0.6) is 0 Å². The highest BCUT2D eigenvalue weighted by atomic mass is 15.1. The van der Waals surface area contributed by atoms with Gasteiger partial charge in [-0.1, -0.05) is 45.4 Å². The van der Waals surface area contributed by atoms with E-state index in [9.17, 15) is 0 Å². The maximum atomic E-state index is 3.78. The van der Waals surface area contributed by atoms with Crippen molar-refractivity contribution in [2.75, 3.05) is 14.1 Å². The van der Waals surface area contributed by atoms with Crippen molar-refractivity contribution in [2.24, 2.45) is 5.92 Å². The number of allylic oxidation sites excluding steroid dienone is 4. The van der Waals surface area contributed by atoms with Crippen molar-refractivity contribution in [1.29, 1.82) is 0 Å². The predicted octanol–water partition coefficient (Wildman–Crippen LogP) is 4.00. The van der Waals surface area contributed by atoms with Gasteiger partial charge in [0.1, 0.15) is 0 Å². The van der Waals surface area contributed by atoms with Crippen molar-refractivity contribution >= 4 is 0 Å². The first kappa shape index (κ1) is 14.0. The minimum atomic E-state index is 0.797. The fraction of sp³-hybridized carbons (Fsp3) is 0.571. The number of rotatable bonds is 7. The number of hydrogen-bond acceptors (Lipinski definition) is 1. The summed E-state index contributed by atoms with van der Waals surface area (Å²) in [7, 11) is 4.06. The largest absolute Gasteiger partial charge is 0.378 e. The molecule has 0 heterocycles. The van der Waals surface area contributed by atoms with Crippen LogP contribution in [0.15, 0.2) is 36.6 Å². The molecule has 15 heavy (non-hydrogen) atoms. The molecule has 0 aromatic heterocycles. The van der Waals surface area contributed by atoms with E-state index < -0.39 is 0 Å². The molecule has 1 nitrogen and oxygen atoms in total. The summed E-state index contributed by atoms with van der Waals surface area (Å²) in [6.45, 7) is 8.32.